The monoisotopic (exact) mass is 455 g/mol. The quantitative estimate of drug-likeness (QED) is 0.640. The van der Waals surface area contributed by atoms with Gasteiger partial charge >= 0.3 is 0 Å². The van der Waals surface area contributed by atoms with E-state index in [0.29, 0.717) is 28.7 Å². The van der Waals surface area contributed by atoms with Crippen molar-refractivity contribution in [3.8, 4) is 0 Å². The maximum Gasteiger partial charge on any atom is 0.258 e. The second kappa shape index (κ2) is 11.2. The Kier molecular flexibility index (Phi) is 8.59. The lowest BCUT2D eigenvalue weighted by atomic mass is 10.2. The summed E-state index contributed by atoms with van der Waals surface area (Å²) in [6.07, 6.45) is 4.53. The normalized spacial score (nSPS) is 15.7. The lowest BCUT2D eigenvalue weighted by molar-refractivity contribution is -0.128. The average molecular weight is 456 g/mol. The Morgan fingerprint density at radius 3 is 2.69 bits per heavy atom. The van der Waals surface area contributed by atoms with E-state index in [4.69, 9.17) is 16.3 Å². The summed E-state index contributed by atoms with van der Waals surface area (Å²) in [6.45, 7) is 2.79. The minimum absolute atomic E-state index is 0.122. The van der Waals surface area contributed by atoms with E-state index in [2.05, 4.69) is 4.99 Å². The molecule has 2 amide bonds. The van der Waals surface area contributed by atoms with Crippen molar-refractivity contribution in [2.45, 2.75) is 32.2 Å². The molecule has 1 aromatic heterocycles. The molecule has 0 aliphatic carbocycles. The number of hydrogen-bond acceptors (Lipinski definition) is 5. The predicted octanol–water partition coefficient (Wildman–Crippen LogP) is 3.57. The number of carbonyl (C=O) groups excluding carboxylic acids is 2. The first kappa shape index (κ1) is 22.3. The van der Waals surface area contributed by atoms with E-state index >= 15 is 0 Å². The molecule has 3 rings (SSSR count). The summed E-state index contributed by atoms with van der Waals surface area (Å²) in [5, 5.41) is 0.651. The van der Waals surface area contributed by atoms with E-state index in [0.717, 1.165) is 36.1 Å². The Morgan fingerprint density at radius 1 is 1.21 bits per heavy atom. The van der Waals surface area contributed by atoms with Gasteiger partial charge in [0.05, 0.1) is 28.3 Å². The van der Waals surface area contributed by atoms with Crippen LogP contribution in [0.2, 0.25) is 5.02 Å². The Morgan fingerprint density at radius 2 is 1.97 bits per heavy atom. The molecule has 1 fully saturated rings. The molecule has 1 aliphatic heterocycles. The van der Waals surface area contributed by atoms with Gasteiger partial charge < -0.3 is 14.2 Å². The molecule has 1 saturated heterocycles. The number of fused-ring (bicyclic) bond motifs is 1. The number of ether oxygens (including phenoxy) is 1. The number of thiazole rings is 1. The van der Waals surface area contributed by atoms with Gasteiger partial charge in [0.25, 0.3) is 5.91 Å². The van der Waals surface area contributed by atoms with Crippen LogP contribution >= 0.6 is 34.7 Å². The fraction of sp³-hybridized carbons (Fsp3) is 0.550. The molecule has 0 unspecified atom stereocenters. The number of carbonyl (C=O) groups is 2. The van der Waals surface area contributed by atoms with Crippen LogP contribution in [0.25, 0.3) is 10.2 Å². The third-order valence-corrected chi connectivity index (χ3v) is 6.97. The molecule has 1 aromatic carbocycles. The Bertz CT molecular complexity index is 917. The highest BCUT2D eigenvalue weighted by atomic mass is 35.5. The minimum Gasteiger partial charge on any atom is -0.383 e. The van der Waals surface area contributed by atoms with Gasteiger partial charge in [0.1, 0.15) is 0 Å². The van der Waals surface area contributed by atoms with Crippen LogP contribution in [0.3, 0.4) is 0 Å². The summed E-state index contributed by atoms with van der Waals surface area (Å²) in [7, 11) is 1.64. The molecule has 0 atom stereocenters. The van der Waals surface area contributed by atoms with Gasteiger partial charge in [0.2, 0.25) is 5.91 Å². The predicted molar refractivity (Wildman–Crippen MR) is 120 cm³/mol. The molecule has 0 spiro atoms. The zero-order chi connectivity index (χ0) is 20.6. The number of rotatable bonds is 7. The fourth-order valence-corrected chi connectivity index (χ4v) is 5.35. The molecule has 158 valence electrons. The summed E-state index contributed by atoms with van der Waals surface area (Å²) in [5.41, 5.74) is 0.979. The number of nitrogens with zero attached hydrogens (tertiary/aromatic N) is 3. The van der Waals surface area contributed by atoms with E-state index in [1.54, 1.807) is 7.11 Å². The SMILES string of the molecule is COCCn1c(=NC(=O)CSCC(=O)N2CCCCCC2)sc2cc(Cl)ccc21. The first-order valence-corrected chi connectivity index (χ1v) is 12.1. The number of hydrogen-bond donors (Lipinski definition) is 0. The number of thioether (sulfide) groups is 1. The molecule has 0 N–H and O–H groups in total. The highest BCUT2D eigenvalue weighted by Crippen LogP contribution is 2.22. The summed E-state index contributed by atoms with van der Waals surface area (Å²) < 4.78 is 8.14. The highest BCUT2D eigenvalue weighted by Gasteiger charge is 2.16. The van der Waals surface area contributed by atoms with Crippen molar-refractivity contribution in [3.05, 3.63) is 28.0 Å². The van der Waals surface area contributed by atoms with Crippen LogP contribution in [0.1, 0.15) is 25.7 Å². The molecule has 6 nitrogen and oxygen atoms in total. The Hall–Kier alpha value is -1.35. The fourth-order valence-electron chi connectivity index (χ4n) is 3.31. The first-order valence-electron chi connectivity index (χ1n) is 9.79. The summed E-state index contributed by atoms with van der Waals surface area (Å²) in [5.74, 6) is 0.407. The van der Waals surface area contributed by atoms with Crippen LogP contribution in [0.15, 0.2) is 23.2 Å². The summed E-state index contributed by atoms with van der Waals surface area (Å²) in [4.78, 5) is 31.6. The van der Waals surface area contributed by atoms with Crippen LogP contribution in [-0.4, -0.2) is 59.6 Å². The zero-order valence-corrected chi connectivity index (χ0v) is 19.0. The largest absolute Gasteiger partial charge is 0.383 e. The molecule has 2 heterocycles. The molecular formula is C20H26ClN3O3S2. The van der Waals surface area contributed by atoms with E-state index in [1.807, 2.05) is 27.7 Å². The van der Waals surface area contributed by atoms with Gasteiger partial charge in [0.15, 0.2) is 4.80 Å². The average Bonchev–Trinajstić information content (AvgIpc) is 2.86. The van der Waals surface area contributed by atoms with Crippen LogP contribution in [0.4, 0.5) is 0 Å². The lowest BCUT2D eigenvalue weighted by Crippen LogP contribution is -2.33. The lowest BCUT2D eigenvalue weighted by Gasteiger charge is -2.19. The molecule has 9 heteroatoms. The number of amides is 2. The smallest absolute Gasteiger partial charge is 0.258 e. The minimum atomic E-state index is -0.234. The molecule has 1 aliphatic rings. The van der Waals surface area contributed by atoms with Crippen LogP contribution < -0.4 is 4.80 Å². The maximum atomic E-state index is 12.4. The van der Waals surface area contributed by atoms with Crippen molar-refractivity contribution in [3.63, 3.8) is 0 Å². The van der Waals surface area contributed by atoms with E-state index in [9.17, 15) is 9.59 Å². The van der Waals surface area contributed by atoms with Crippen molar-refractivity contribution in [2.75, 3.05) is 38.3 Å². The highest BCUT2D eigenvalue weighted by molar-refractivity contribution is 8.00. The summed E-state index contributed by atoms with van der Waals surface area (Å²) in [6, 6.07) is 5.64. The Balaban J connectivity index is 1.65. The molecule has 0 saturated carbocycles. The molecule has 0 bridgehead atoms. The van der Waals surface area contributed by atoms with E-state index < -0.39 is 0 Å². The molecule has 29 heavy (non-hydrogen) atoms. The van der Waals surface area contributed by atoms with Crippen molar-refractivity contribution in [2.24, 2.45) is 4.99 Å². The third kappa shape index (κ3) is 6.31. The second-order valence-corrected chi connectivity index (χ2v) is 9.37. The zero-order valence-electron chi connectivity index (χ0n) is 16.6. The number of methoxy groups -OCH3 is 1. The van der Waals surface area contributed by atoms with Crippen molar-refractivity contribution in [1.29, 1.82) is 0 Å². The van der Waals surface area contributed by atoms with Gasteiger partial charge in [0, 0.05) is 31.8 Å². The van der Waals surface area contributed by atoms with Gasteiger partial charge in [-0.25, -0.2) is 0 Å². The van der Waals surface area contributed by atoms with Crippen molar-refractivity contribution >= 4 is 56.7 Å². The number of likely N-dealkylation sites (tertiary alicyclic amines) is 1. The standard InChI is InChI=1S/C20H26ClN3O3S2/c1-27-11-10-24-16-7-6-15(21)12-17(16)29-20(24)22-18(25)13-28-14-19(26)23-8-4-2-3-5-9-23/h6-7,12H,2-5,8-11,13-14H2,1H3. The van der Waals surface area contributed by atoms with E-state index in [-0.39, 0.29) is 17.6 Å². The van der Waals surface area contributed by atoms with Gasteiger partial charge in [-0.2, -0.15) is 4.99 Å². The summed E-state index contributed by atoms with van der Waals surface area (Å²) >= 11 is 8.87. The first-order chi connectivity index (χ1) is 14.1. The Labute approximate surface area is 183 Å². The molecule has 2 aromatic rings. The van der Waals surface area contributed by atoms with Crippen molar-refractivity contribution < 1.29 is 14.3 Å². The van der Waals surface area contributed by atoms with Crippen LogP contribution in [-0.2, 0) is 20.9 Å². The van der Waals surface area contributed by atoms with E-state index in [1.165, 1.54) is 35.9 Å². The topological polar surface area (TPSA) is 63.9 Å². The van der Waals surface area contributed by atoms with Crippen LogP contribution in [0, 0.1) is 0 Å². The van der Waals surface area contributed by atoms with Gasteiger partial charge in [-0.3, -0.25) is 9.59 Å². The van der Waals surface area contributed by atoms with Gasteiger partial charge in [-0.1, -0.05) is 35.8 Å². The number of halogens is 1. The second-order valence-electron chi connectivity index (χ2n) is 6.93. The van der Waals surface area contributed by atoms with Crippen molar-refractivity contribution in [1.82, 2.24) is 9.47 Å². The van der Waals surface area contributed by atoms with Crippen LogP contribution in [0.5, 0.6) is 0 Å². The number of benzene rings is 1. The van der Waals surface area contributed by atoms with Gasteiger partial charge in [-0.15, -0.1) is 11.8 Å². The molecule has 0 radical (unpaired) electrons. The maximum absolute atomic E-state index is 12.4. The number of aromatic nitrogens is 1. The molecular weight excluding hydrogens is 430 g/mol. The van der Waals surface area contributed by atoms with Gasteiger partial charge in [-0.05, 0) is 31.0 Å². The third-order valence-electron chi connectivity index (χ3n) is 4.79.